The van der Waals surface area contributed by atoms with E-state index in [2.05, 4.69) is 0 Å². The summed E-state index contributed by atoms with van der Waals surface area (Å²) in [6.45, 7) is 5.48. The van der Waals surface area contributed by atoms with Gasteiger partial charge in [-0.1, -0.05) is 19.1 Å². The van der Waals surface area contributed by atoms with Crippen molar-refractivity contribution in [3.63, 3.8) is 0 Å². The summed E-state index contributed by atoms with van der Waals surface area (Å²) in [5.74, 6) is -0.702. The molecule has 3 atom stereocenters. The van der Waals surface area contributed by atoms with Gasteiger partial charge < -0.3 is 30.2 Å². The second-order valence-corrected chi connectivity index (χ2v) is 6.72. The molecule has 0 amide bonds. The molecule has 0 aromatic heterocycles. The predicted octanol–water partition coefficient (Wildman–Crippen LogP) is 2.12. The average molecular weight is 383 g/mol. The largest absolute Gasteiger partial charge is 0.493 e. The van der Waals surface area contributed by atoms with E-state index in [1.807, 2.05) is 25.1 Å². The van der Waals surface area contributed by atoms with Crippen molar-refractivity contribution in [1.82, 2.24) is 0 Å². The summed E-state index contributed by atoms with van der Waals surface area (Å²) in [5, 5.41) is 19.2. The van der Waals surface area contributed by atoms with Gasteiger partial charge in [-0.15, -0.1) is 0 Å². The van der Waals surface area contributed by atoms with Crippen LogP contribution in [0, 0.1) is 12.8 Å². The lowest BCUT2D eigenvalue weighted by molar-refractivity contribution is -0.143. The van der Waals surface area contributed by atoms with Crippen LogP contribution in [0.1, 0.15) is 37.3 Å². The molecule has 0 radical (unpaired) electrons. The number of ether oxygens (including phenoxy) is 3. The zero-order valence-corrected chi connectivity index (χ0v) is 16.5. The number of aliphatic hydroxyl groups excluding tert-OH is 1. The van der Waals surface area contributed by atoms with Gasteiger partial charge in [0, 0.05) is 20.1 Å². The molecule has 0 aliphatic carbocycles. The lowest BCUT2D eigenvalue weighted by atomic mass is 9.96. The maximum Gasteiger partial charge on any atom is 0.306 e. The Kier molecular flexibility index (Phi) is 11.0. The van der Waals surface area contributed by atoms with Crippen molar-refractivity contribution in [2.24, 2.45) is 11.7 Å². The van der Waals surface area contributed by atoms with Crippen LogP contribution in [0.3, 0.4) is 0 Å². The van der Waals surface area contributed by atoms with Crippen LogP contribution in [0.5, 0.6) is 5.75 Å². The molecule has 4 N–H and O–H groups in total. The highest BCUT2D eigenvalue weighted by Gasteiger charge is 2.23. The van der Waals surface area contributed by atoms with E-state index in [1.165, 1.54) is 0 Å². The van der Waals surface area contributed by atoms with E-state index in [9.17, 15) is 9.90 Å². The number of benzene rings is 1. The third-order valence-electron chi connectivity index (χ3n) is 4.44. The second-order valence-electron chi connectivity index (χ2n) is 6.72. The maximum atomic E-state index is 11.1. The fourth-order valence-corrected chi connectivity index (χ4v) is 2.61. The van der Waals surface area contributed by atoms with Crippen LogP contribution in [0.4, 0.5) is 0 Å². The Labute approximate surface area is 161 Å². The molecule has 0 fully saturated rings. The van der Waals surface area contributed by atoms with Crippen molar-refractivity contribution in [2.45, 2.75) is 51.9 Å². The highest BCUT2D eigenvalue weighted by molar-refractivity contribution is 5.69. The van der Waals surface area contributed by atoms with Gasteiger partial charge in [0.25, 0.3) is 0 Å². The zero-order chi connectivity index (χ0) is 20.2. The molecule has 3 unspecified atom stereocenters. The van der Waals surface area contributed by atoms with Crippen LogP contribution in [-0.4, -0.2) is 55.3 Å². The molecule has 7 nitrogen and oxygen atoms in total. The highest BCUT2D eigenvalue weighted by atomic mass is 16.5. The summed E-state index contributed by atoms with van der Waals surface area (Å²) in [7, 11) is 1.66. The molecule has 0 saturated heterocycles. The Morgan fingerprint density at radius 3 is 2.67 bits per heavy atom. The molecule has 27 heavy (non-hydrogen) atoms. The number of carbonyl (C=O) groups is 1. The molecule has 0 aliphatic rings. The number of rotatable bonds is 14. The lowest BCUT2D eigenvalue weighted by Gasteiger charge is -2.21. The van der Waals surface area contributed by atoms with Gasteiger partial charge in [-0.2, -0.15) is 0 Å². The van der Waals surface area contributed by atoms with Crippen LogP contribution in [0.25, 0.3) is 0 Å². The number of aryl methyl sites for hydroxylation is 1. The third kappa shape index (κ3) is 8.71. The van der Waals surface area contributed by atoms with Crippen molar-refractivity contribution in [2.75, 3.05) is 26.9 Å². The molecule has 0 spiro atoms. The monoisotopic (exact) mass is 383 g/mol. The first-order chi connectivity index (χ1) is 12.9. The van der Waals surface area contributed by atoms with E-state index in [4.69, 9.17) is 25.1 Å². The van der Waals surface area contributed by atoms with Crippen LogP contribution in [0.2, 0.25) is 0 Å². The van der Waals surface area contributed by atoms with E-state index >= 15 is 0 Å². The van der Waals surface area contributed by atoms with Crippen molar-refractivity contribution >= 4 is 5.97 Å². The minimum absolute atomic E-state index is 0.125. The normalized spacial score (nSPS) is 14.6. The number of aliphatic carboxylic acids is 1. The SMILES string of the molecule is CCC(CC(O)C(N)COCc1ccc(C)c(OCCCOC)c1)C(=O)O. The highest BCUT2D eigenvalue weighted by Crippen LogP contribution is 2.20. The van der Waals surface area contributed by atoms with Crippen molar-refractivity contribution in [3.8, 4) is 5.75 Å². The number of aliphatic hydroxyl groups is 1. The number of carboxylic acids is 1. The van der Waals surface area contributed by atoms with Crippen LogP contribution >= 0.6 is 0 Å². The zero-order valence-electron chi connectivity index (χ0n) is 16.5. The molecule has 7 heteroatoms. The van der Waals surface area contributed by atoms with Crippen LogP contribution in [0.15, 0.2) is 18.2 Å². The van der Waals surface area contributed by atoms with Crippen LogP contribution < -0.4 is 10.5 Å². The van der Waals surface area contributed by atoms with E-state index in [-0.39, 0.29) is 13.0 Å². The van der Waals surface area contributed by atoms with Gasteiger partial charge in [-0.25, -0.2) is 0 Å². The molecule has 0 bridgehead atoms. The summed E-state index contributed by atoms with van der Waals surface area (Å²) in [4.78, 5) is 11.1. The standard InChI is InChI=1S/C20H33NO6/c1-4-16(20(23)24)11-18(22)17(21)13-26-12-15-7-6-14(2)19(10-15)27-9-5-8-25-3/h6-7,10,16-18,22H,4-5,8-9,11-13,21H2,1-3H3,(H,23,24). The molecule has 1 rings (SSSR count). The summed E-state index contributed by atoms with van der Waals surface area (Å²) in [6, 6.07) is 5.23. The molecular weight excluding hydrogens is 350 g/mol. The Hall–Kier alpha value is -1.67. The van der Waals surface area contributed by atoms with Crippen molar-refractivity contribution in [1.29, 1.82) is 0 Å². The number of hydrogen-bond acceptors (Lipinski definition) is 6. The van der Waals surface area contributed by atoms with Gasteiger partial charge in [-0.3, -0.25) is 4.79 Å². The summed E-state index contributed by atoms with van der Waals surface area (Å²) < 4.78 is 16.4. The molecule has 1 aromatic carbocycles. The molecule has 0 heterocycles. The quantitative estimate of drug-likeness (QED) is 0.422. The smallest absolute Gasteiger partial charge is 0.306 e. The first-order valence-electron chi connectivity index (χ1n) is 9.34. The molecular formula is C20H33NO6. The minimum Gasteiger partial charge on any atom is -0.493 e. The van der Waals surface area contributed by atoms with Gasteiger partial charge >= 0.3 is 5.97 Å². The van der Waals surface area contributed by atoms with Gasteiger partial charge in [0.1, 0.15) is 5.75 Å². The van der Waals surface area contributed by atoms with E-state index in [0.717, 1.165) is 23.3 Å². The Morgan fingerprint density at radius 1 is 1.30 bits per heavy atom. The fraction of sp³-hybridized carbons (Fsp3) is 0.650. The van der Waals surface area contributed by atoms with Crippen molar-refractivity contribution < 1.29 is 29.2 Å². The number of carboxylic acid groups (broad SMARTS) is 1. The Balaban J connectivity index is 2.45. The number of hydrogen-bond donors (Lipinski definition) is 3. The Morgan fingerprint density at radius 2 is 2.04 bits per heavy atom. The van der Waals surface area contributed by atoms with E-state index < -0.39 is 24.0 Å². The molecule has 154 valence electrons. The predicted molar refractivity (Wildman–Crippen MR) is 103 cm³/mol. The average Bonchev–Trinajstić information content (AvgIpc) is 2.64. The first-order valence-corrected chi connectivity index (χ1v) is 9.34. The second kappa shape index (κ2) is 12.7. The third-order valence-corrected chi connectivity index (χ3v) is 4.44. The minimum atomic E-state index is -0.914. The van der Waals surface area contributed by atoms with E-state index in [0.29, 0.717) is 26.2 Å². The topological polar surface area (TPSA) is 111 Å². The van der Waals surface area contributed by atoms with E-state index in [1.54, 1.807) is 14.0 Å². The van der Waals surface area contributed by atoms with Gasteiger partial charge in [0.05, 0.1) is 37.9 Å². The number of methoxy groups -OCH3 is 1. The van der Waals surface area contributed by atoms with Gasteiger partial charge in [0.15, 0.2) is 0 Å². The molecule has 0 saturated carbocycles. The van der Waals surface area contributed by atoms with Crippen molar-refractivity contribution in [3.05, 3.63) is 29.3 Å². The maximum absolute atomic E-state index is 11.1. The molecule has 1 aromatic rings. The van der Waals surface area contributed by atoms with Gasteiger partial charge in [-0.05, 0) is 37.0 Å². The molecule has 0 aliphatic heterocycles. The fourth-order valence-electron chi connectivity index (χ4n) is 2.61. The Bertz CT molecular complexity index is 565. The first kappa shape index (κ1) is 23.4. The number of nitrogens with two attached hydrogens (primary N) is 1. The summed E-state index contributed by atoms with van der Waals surface area (Å²) in [5.41, 5.74) is 7.92. The van der Waals surface area contributed by atoms with Gasteiger partial charge in [0.2, 0.25) is 0 Å². The van der Waals surface area contributed by atoms with Crippen LogP contribution in [-0.2, 0) is 20.9 Å². The lowest BCUT2D eigenvalue weighted by Crippen LogP contribution is -2.40. The summed E-state index contributed by atoms with van der Waals surface area (Å²) in [6.07, 6.45) is 0.485. The summed E-state index contributed by atoms with van der Waals surface area (Å²) >= 11 is 0.